The van der Waals surface area contributed by atoms with E-state index in [0.29, 0.717) is 0 Å². The third-order valence-corrected chi connectivity index (χ3v) is 2.96. The van der Waals surface area contributed by atoms with Gasteiger partial charge >= 0.3 is 11.9 Å². The van der Waals surface area contributed by atoms with Crippen LogP contribution in [0.3, 0.4) is 0 Å². The van der Waals surface area contributed by atoms with Crippen LogP contribution in [-0.2, 0) is 25.5 Å². The summed E-state index contributed by atoms with van der Waals surface area (Å²) in [5, 5.41) is 0. The van der Waals surface area contributed by atoms with Gasteiger partial charge in [-0.05, 0) is 24.5 Å². The first-order chi connectivity index (χ1) is 9.43. The summed E-state index contributed by atoms with van der Waals surface area (Å²) in [6.45, 7) is 6.71. The molecule has 0 radical (unpaired) electrons. The third kappa shape index (κ3) is 5.03. The van der Waals surface area contributed by atoms with Crippen molar-refractivity contribution in [2.75, 3.05) is 0 Å². The Morgan fingerprint density at radius 2 is 1.90 bits per heavy atom. The maximum atomic E-state index is 12.0. The van der Waals surface area contributed by atoms with Crippen molar-refractivity contribution in [3.8, 4) is 0 Å². The van der Waals surface area contributed by atoms with Crippen molar-refractivity contribution in [3.63, 3.8) is 0 Å². The fraction of sp³-hybridized carbons (Fsp3) is 0.500. The molecule has 0 N–H and O–H groups in total. The Morgan fingerprint density at radius 3 is 2.50 bits per heavy atom. The van der Waals surface area contributed by atoms with Crippen LogP contribution in [0.25, 0.3) is 0 Å². The second-order valence-electron chi connectivity index (χ2n) is 4.83. The fourth-order valence-electron chi connectivity index (χ4n) is 1.97. The Morgan fingerprint density at radius 1 is 1.20 bits per heavy atom. The summed E-state index contributed by atoms with van der Waals surface area (Å²) in [4.78, 5) is 22.8. The van der Waals surface area contributed by atoms with Crippen molar-refractivity contribution < 1.29 is 19.1 Å². The van der Waals surface area contributed by atoms with Crippen LogP contribution in [0.2, 0.25) is 0 Å². The minimum atomic E-state index is -0.860. The maximum absolute atomic E-state index is 12.0. The van der Waals surface area contributed by atoms with Crippen molar-refractivity contribution in [2.45, 2.75) is 52.7 Å². The predicted octanol–water partition coefficient (Wildman–Crippen LogP) is 3.19. The van der Waals surface area contributed by atoms with Crippen LogP contribution < -0.4 is 0 Å². The molecular weight excluding hydrogens is 256 g/mol. The van der Waals surface area contributed by atoms with Gasteiger partial charge in [-0.15, -0.1) is 0 Å². The number of carbonyl (C=O) groups is 2. The van der Waals surface area contributed by atoms with Crippen LogP contribution >= 0.6 is 0 Å². The molecule has 4 heteroatoms. The number of carbonyl (C=O) groups excluding carboxylic acids is 2. The van der Waals surface area contributed by atoms with Crippen LogP contribution in [-0.4, -0.2) is 18.2 Å². The predicted molar refractivity (Wildman–Crippen MR) is 76.2 cm³/mol. The van der Waals surface area contributed by atoms with Crippen molar-refractivity contribution in [3.05, 3.63) is 35.4 Å². The molecule has 0 fully saturated rings. The topological polar surface area (TPSA) is 52.6 Å². The van der Waals surface area contributed by atoms with Gasteiger partial charge in [-0.25, -0.2) is 0 Å². The van der Waals surface area contributed by atoms with Gasteiger partial charge < -0.3 is 9.47 Å². The molecule has 0 aliphatic heterocycles. The van der Waals surface area contributed by atoms with E-state index in [1.165, 1.54) is 19.4 Å². The molecule has 0 spiro atoms. The van der Waals surface area contributed by atoms with Gasteiger partial charge in [-0.1, -0.05) is 37.6 Å². The Bertz CT molecular complexity index is 467. The third-order valence-electron chi connectivity index (χ3n) is 2.96. The highest BCUT2D eigenvalue weighted by Crippen LogP contribution is 2.19. The Hall–Kier alpha value is -1.84. The lowest BCUT2D eigenvalue weighted by Crippen LogP contribution is -2.23. The molecule has 0 bridgehead atoms. The second-order valence-corrected chi connectivity index (χ2v) is 4.83. The summed E-state index contributed by atoms with van der Waals surface area (Å²) < 4.78 is 9.88. The van der Waals surface area contributed by atoms with Crippen LogP contribution in [0.4, 0.5) is 0 Å². The highest BCUT2D eigenvalue weighted by Gasteiger charge is 2.20. The maximum Gasteiger partial charge on any atom is 0.316 e. The summed E-state index contributed by atoms with van der Waals surface area (Å²) in [6, 6.07) is 7.92. The monoisotopic (exact) mass is 278 g/mol. The van der Waals surface area contributed by atoms with E-state index in [-0.39, 0.29) is 5.92 Å². The second kappa shape index (κ2) is 7.68. The zero-order chi connectivity index (χ0) is 15.1. The van der Waals surface area contributed by atoms with Gasteiger partial charge in [0, 0.05) is 13.8 Å². The molecule has 0 aliphatic rings. The van der Waals surface area contributed by atoms with E-state index < -0.39 is 18.2 Å². The average molecular weight is 278 g/mol. The molecule has 110 valence electrons. The summed E-state index contributed by atoms with van der Waals surface area (Å²) in [5.41, 5.74) is 2.12. The standard InChI is InChI=1S/C16H22O4/c1-5-7-14-8-6-9-15(10-14)11(2)16(18)20-13(4)19-12(3)17/h6,8-11,13H,5,7H2,1-4H3. The SMILES string of the molecule is CCCc1cccc(C(C)C(=O)OC(C)OC(C)=O)c1. The molecule has 4 nitrogen and oxygen atoms in total. The largest absolute Gasteiger partial charge is 0.426 e. The molecule has 1 aromatic carbocycles. The molecule has 20 heavy (non-hydrogen) atoms. The Balaban J connectivity index is 2.68. The summed E-state index contributed by atoms with van der Waals surface area (Å²) in [6.07, 6.45) is 1.19. The lowest BCUT2D eigenvalue weighted by molar-refractivity contribution is -0.183. The first-order valence-electron chi connectivity index (χ1n) is 6.90. The average Bonchev–Trinajstić information content (AvgIpc) is 2.37. The van der Waals surface area contributed by atoms with Crippen LogP contribution in [0.15, 0.2) is 24.3 Å². The molecule has 1 rings (SSSR count). The van der Waals surface area contributed by atoms with Crippen molar-refractivity contribution in [1.29, 1.82) is 0 Å². The smallest absolute Gasteiger partial charge is 0.316 e. The zero-order valence-corrected chi connectivity index (χ0v) is 12.5. The summed E-state index contributed by atoms with van der Waals surface area (Å²) >= 11 is 0. The minimum absolute atomic E-state index is 0.384. The minimum Gasteiger partial charge on any atom is -0.426 e. The molecule has 2 unspecified atom stereocenters. The number of esters is 2. The molecule has 0 aromatic heterocycles. The fourth-order valence-corrected chi connectivity index (χ4v) is 1.97. The van der Waals surface area contributed by atoms with Gasteiger partial charge in [0.15, 0.2) is 0 Å². The van der Waals surface area contributed by atoms with E-state index in [1.54, 1.807) is 6.92 Å². The Labute approximate surface area is 120 Å². The van der Waals surface area contributed by atoms with Gasteiger partial charge in [0.1, 0.15) is 0 Å². The molecule has 0 saturated heterocycles. The van der Waals surface area contributed by atoms with Gasteiger partial charge in [-0.2, -0.15) is 0 Å². The van der Waals surface area contributed by atoms with E-state index in [9.17, 15) is 9.59 Å². The summed E-state index contributed by atoms with van der Waals surface area (Å²) in [7, 11) is 0. The highest BCUT2D eigenvalue weighted by molar-refractivity contribution is 5.78. The van der Waals surface area contributed by atoms with Crippen LogP contribution in [0, 0.1) is 0 Å². The molecule has 0 amide bonds. The zero-order valence-electron chi connectivity index (χ0n) is 12.5. The molecule has 1 aromatic rings. The first-order valence-corrected chi connectivity index (χ1v) is 6.90. The van der Waals surface area contributed by atoms with Crippen molar-refractivity contribution in [1.82, 2.24) is 0 Å². The number of aryl methyl sites for hydroxylation is 1. The molecule has 0 heterocycles. The lowest BCUT2D eigenvalue weighted by atomic mass is 9.98. The van der Waals surface area contributed by atoms with Gasteiger partial charge in [0.25, 0.3) is 0 Å². The van der Waals surface area contributed by atoms with Crippen LogP contribution in [0.1, 0.15) is 51.2 Å². The summed E-state index contributed by atoms with van der Waals surface area (Å²) in [5.74, 6) is -1.25. The van der Waals surface area contributed by atoms with E-state index in [0.717, 1.165) is 18.4 Å². The molecular formula is C16H22O4. The van der Waals surface area contributed by atoms with Gasteiger partial charge in [0.2, 0.25) is 6.29 Å². The quantitative estimate of drug-likeness (QED) is 0.592. The number of benzene rings is 1. The Kier molecular flexibility index (Phi) is 6.22. The van der Waals surface area contributed by atoms with Crippen LogP contribution in [0.5, 0.6) is 0 Å². The van der Waals surface area contributed by atoms with E-state index in [1.807, 2.05) is 24.3 Å². The van der Waals surface area contributed by atoms with E-state index in [4.69, 9.17) is 9.47 Å². The number of rotatable bonds is 6. The lowest BCUT2D eigenvalue weighted by Gasteiger charge is -2.17. The molecule has 0 aliphatic carbocycles. The van der Waals surface area contributed by atoms with Gasteiger partial charge in [-0.3, -0.25) is 9.59 Å². The number of hydrogen-bond acceptors (Lipinski definition) is 4. The van der Waals surface area contributed by atoms with E-state index in [2.05, 4.69) is 6.92 Å². The normalized spacial score (nSPS) is 13.4. The highest BCUT2D eigenvalue weighted by atomic mass is 16.7. The van der Waals surface area contributed by atoms with Gasteiger partial charge in [0.05, 0.1) is 5.92 Å². The number of hydrogen-bond donors (Lipinski definition) is 0. The molecule has 2 atom stereocenters. The van der Waals surface area contributed by atoms with Crippen molar-refractivity contribution >= 4 is 11.9 Å². The molecule has 0 saturated carbocycles. The van der Waals surface area contributed by atoms with E-state index >= 15 is 0 Å². The number of ether oxygens (including phenoxy) is 2. The van der Waals surface area contributed by atoms with Crippen molar-refractivity contribution in [2.24, 2.45) is 0 Å². The first kappa shape index (κ1) is 16.2.